The molecule has 0 radical (unpaired) electrons. The van der Waals surface area contributed by atoms with Gasteiger partial charge < -0.3 is 10.2 Å². The normalized spacial score (nSPS) is 10.4. The first kappa shape index (κ1) is 16.3. The highest BCUT2D eigenvalue weighted by Crippen LogP contribution is 2.21. The van der Waals surface area contributed by atoms with Crippen molar-refractivity contribution in [2.75, 3.05) is 23.3 Å². The maximum atomic E-state index is 12.4. The summed E-state index contributed by atoms with van der Waals surface area (Å²) in [4.78, 5) is 18.7. The van der Waals surface area contributed by atoms with E-state index in [0.29, 0.717) is 16.3 Å². The summed E-state index contributed by atoms with van der Waals surface area (Å²) >= 11 is 5.98. The van der Waals surface area contributed by atoms with E-state index >= 15 is 0 Å². The highest BCUT2D eigenvalue weighted by molar-refractivity contribution is 6.31. The first-order valence-electron chi connectivity index (χ1n) is 7.32. The summed E-state index contributed by atoms with van der Waals surface area (Å²) in [5, 5.41) is 3.48. The molecule has 0 unspecified atom stereocenters. The maximum absolute atomic E-state index is 12.4. The second kappa shape index (κ2) is 7.27. The Kier molecular flexibility index (Phi) is 5.39. The Balaban J connectivity index is 2.23. The average Bonchev–Trinajstić information content (AvgIpc) is 2.52. The van der Waals surface area contributed by atoms with Crippen LogP contribution in [0.2, 0.25) is 5.02 Å². The van der Waals surface area contributed by atoms with Gasteiger partial charge in [0.1, 0.15) is 0 Å². The molecular weight excluding hydrogens is 298 g/mol. The molecule has 1 N–H and O–H groups in total. The number of aromatic nitrogens is 1. The number of amides is 1. The third kappa shape index (κ3) is 3.77. The molecule has 0 spiro atoms. The number of anilines is 2. The number of halogens is 1. The molecule has 1 amide bonds. The quantitative estimate of drug-likeness (QED) is 0.901. The predicted molar refractivity (Wildman–Crippen MR) is 91.9 cm³/mol. The summed E-state index contributed by atoms with van der Waals surface area (Å²) in [6.45, 7) is 7.82. The van der Waals surface area contributed by atoms with Crippen molar-refractivity contribution in [3.05, 3.63) is 52.8 Å². The van der Waals surface area contributed by atoms with Gasteiger partial charge in [-0.15, -0.1) is 0 Å². The number of pyridine rings is 1. The van der Waals surface area contributed by atoms with Crippen molar-refractivity contribution in [2.24, 2.45) is 0 Å². The molecule has 1 heterocycles. The molecule has 1 aromatic carbocycles. The summed E-state index contributed by atoms with van der Waals surface area (Å²) in [6, 6.07) is 7.28. The Morgan fingerprint density at radius 3 is 2.64 bits per heavy atom. The zero-order valence-corrected chi connectivity index (χ0v) is 13.8. The van der Waals surface area contributed by atoms with Gasteiger partial charge >= 0.3 is 0 Å². The number of hydrogen-bond donors (Lipinski definition) is 1. The fourth-order valence-electron chi connectivity index (χ4n) is 2.24. The van der Waals surface area contributed by atoms with Gasteiger partial charge in [0, 0.05) is 30.0 Å². The number of nitrogens with zero attached hydrogens (tertiary/aromatic N) is 2. The Morgan fingerprint density at radius 2 is 1.95 bits per heavy atom. The second-order valence-corrected chi connectivity index (χ2v) is 5.45. The van der Waals surface area contributed by atoms with E-state index in [0.717, 1.165) is 24.3 Å². The highest BCUT2D eigenvalue weighted by Gasteiger charge is 2.11. The maximum Gasteiger partial charge on any atom is 0.257 e. The van der Waals surface area contributed by atoms with Crippen LogP contribution in [0, 0.1) is 6.92 Å². The molecule has 116 valence electrons. The van der Waals surface area contributed by atoms with Gasteiger partial charge in [-0.25, -0.2) is 0 Å². The van der Waals surface area contributed by atoms with Gasteiger partial charge in [-0.2, -0.15) is 0 Å². The van der Waals surface area contributed by atoms with Crippen molar-refractivity contribution in [2.45, 2.75) is 20.8 Å². The molecule has 1 aromatic heterocycles. The van der Waals surface area contributed by atoms with E-state index in [1.165, 1.54) is 0 Å². The average molecular weight is 318 g/mol. The highest BCUT2D eigenvalue weighted by atomic mass is 35.5. The molecule has 0 atom stereocenters. The van der Waals surface area contributed by atoms with Gasteiger partial charge in [0.2, 0.25) is 0 Å². The van der Waals surface area contributed by atoms with Crippen molar-refractivity contribution in [1.82, 2.24) is 4.98 Å². The monoisotopic (exact) mass is 317 g/mol. The molecule has 22 heavy (non-hydrogen) atoms. The summed E-state index contributed by atoms with van der Waals surface area (Å²) in [6.07, 6.45) is 3.34. The van der Waals surface area contributed by atoms with Crippen LogP contribution in [0.5, 0.6) is 0 Å². The Morgan fingerprint density at radius 1 is 1.23 bits per heavy atom. The minimum Gasteiger partial charge on any atom is -0.371 e. The molecule has 0 aliphatic heterocycles. The van der Waals surface area contributed by atoms with Gasteiger partial charge in [0.25, 0.3) is 5.91 Å². The molecule has 5 heteroatoms. The van der Waals surface area contributed by atoms with Crippen molar-refractivity contribution in [3.8, 4) is 0 Å². The molecule has 0 aliphatic rings. The molecule has 2 aromatic rings. The third-order valence-electron chi connectivity index (χ3n) is 3.56. The van der Waals surface area contributed by atoms with Gasteiger partial charge in [-0.05, 0) is 44.5 Å². The lowest BCUT2D eigenvalue weighted by Crippen LogP contribution is -2.22. The summed E-state index contributed by atoms with van der Waals surface area (Å²) in [5.74, 6) is -0.188. The van der Waals surface area contributed by atoms with Crippen LogP contribution in [0.1, 0.15) is 29.8 Å². The smallest absolute Gasteiger partial charge is 0.257 e. The lowest BCUT2D eigenvalue weighted by Gasteiger charge is -2.20. The number of carbonyl (C=O) groups is 1. The van der Waals surface area contributed by atoms with Crippen LogP contribution in [0.4, 0.5) is 11.4 Å². The number of aryl methyl sites for hydroxylation is 1. The van der Waals surface area contributed by atoms with E-state index in [1.54, 1.807) is 24.5 Å². The van der Waals surface area contributed by atoms with Crippen LogP contribution in [0.15, 0.2) is 36.7 Å². The molecular formula is C17H20ClN3O. The van der Waals surface area contributed by atoms with Gasteiger partial charge in [0.05, 0.1) is 17.4 Å². The van der Waals surface area contributed by atoms with E-state index < -0.39 is 0 Å². The lowest BCUT2D eigenvalue weighted by molar-refractivity contribution is 0.102. The van der Waals surface area contributed by atoms with Crippen molar-refractivity contribution >= 4 is 28.9 Å². The summed E-state index contributed by atoms with van der Waals surface area (Å²) < 4.78 is 0. The van der Waals surface area contributed by atoms with E-state index in [9.17, 15) is 4.79 Å². The van der Waals surface area contributed by atoms with Gasteiger partial charge in [-0.1, -0.05) is 17.7 Å². The largest absolute Gasteiger partial charge is 0.371 e. The van der Waals surface area contributed by atoms with Crippen LogP contribution in [-0.4, -0.2) is 24.0 Å². The summed E-state index contributed by atoms with van der Waals surface area (Å²) in [7, 11) is 0. The SMILES string of the molecule is CCN(CC)c1cncc(C(=O)Nc2cc(Cl)ccc2C)c1. The molecule has 0 aliphatic carbocycles. The molecule has 2 rings (SSSR count). The fraction of sp³-hybridized carbons (Fsp3) is 0.294. The molecule has 0 saturated carbocycles. The van der Waals surface area contributed by atoms with Crippen LogP contribution in [0.25, 0.3) is 0 Å². The van der Waals surface area contributed by atoms with Gasteiger partial charge in [0.15, 0.2) is 0 Å². The van der Waals surface area contributed by atoms with Crippen molar-refractivity contribution < 1.29 is 4.79 Å². The van der Waals surface area contributed by atoms with Crippen molar-refractivity contribution in [1.29, 1.82) is 0 Å². The number of benzene rings is 1. The Bertz CT molecular complexity index is 669. The molecule has 0 saturated heterocycles. The van der Waals surface area contributed by atoms with E-state index in [-0.39, 0.29) is 5.91 Å². The van der Waals surface area contributed by atoms with E-state index in [2.05, 4.69) is 29.0 Å². The zero-order chi connectivity index (χ0) is 16.1. The molecule has 0 fully saturated rings. The van der Waals surface area contributed by atoms with Gasteiger partial charge in [-0.3, -0.25) is 9.78 Å². The number of hydrogen-bond acceptors (Lipinski definition) is 3. The fourth-order valence-corrected chi connectivity index (χ4v) is 2.41. The molecule has 4 nitrogen and oxygen atoms in total. The Labute approximate surface area is 136 Å². The van der Waals surface area contributed by atoms with E-state index in [1.807, 2.05) is 19.1 Å². The van der Waals surface area contributed by atoms with Crippen LogP contribution >= 0.6 is 11.6 Å². The minimum atomic E-state index is -0.188. The van der Waals surface area contributed by atoms with E-state index in [4.69, 9.17) is 11.6 Å². The minimum absolute atomic E-state index is 0.188. The third-order valence-corrected chi connectivity index (χ3v) is 3.80. The lowest BCUT2D eigenvalue weighted by atomic mass is 10.2. The van der Waals surface area contributed by atoms with Crippen LogP contribution < -0.4 is 10.2 Å². The standard InChI is InChI=1S/C17H20ClN3O/c1-4-21(5-2)15-8-13(10-19-11-15)17(22)20-16-9-14(18)7-6-12(16)3/h6-11H,4-5H2,1-3H3,(H,20,22). The summed E-state index contributed by atoms with van der Waals surface area (Å²) in [5.41, 5.74) is 3.15. The Hall–Kier alpha value is -2.07. The van der Waals surface area contributed by atoms with Crippen LogP contribution in [-0.2, 0) is 0 Å². The number of rotatable bonds is 5. The second-order valence-electron chi connectivity index (χ2n) is 5.02. The number of carbonyl (C=O) groups excluding carboxylic acids is 1. The zero-order valence-electron chi connectivity index (χ0n) is 13.1. The predicted octanol–water partition coefficient (Wildman–Crippen LogP) is 4.14. The van der Waals surface area contributed by atoms with Crippen molar-refractivity contribution in [3.63, 3.8) is 0 Å². The first-order chi connectivity index (χ1) is 10.5. The topological polar surface area (TPSA) is 45.2 Å². The number of nitrogens with one attached hydrogen (secondary N) is 1. The van der Waals surface area contributed by atoms with Crippen LogP contribution in [0.3, 0.4) is 0 Å². The first-order valence-corrected chi connectivity index (χ1v) is 7.70. The molecule has 0 bridgehead atoms.